The van der Waals surface area contributed by atoms with E-state index in [0.717, 1.165) is 12.8 Å². The van der Waals surface area contributed by atoms with Crippen molar-refractivity contribution in [3.05, 3.63) is 17.3 Å². The Labute approximate surface area is 103 Å². The minimum atomic E-state index is -0.138. The van der Waals surface area contributed by atoms with Crippen molar-refractivity contribution < 1.29 is 4.79 Å². The van der Waals surface area contributed by atoms with Gasteiger partial charge in [-0.05, 0) is 6.42 Å². The van der Waals surface area contributed by atoms with Crippen molar-refractivity contribution in [1.82, 2.24) is 15.3 Å². The molecule has 0 aliphatic carbocycles. The molecule has 2 heterocycles. The summed E-state index contributed by atoms with van der Waals surface area (Å²) in [6, 6.07) is 0. The summed E-state index contributed by atoms with van der Waals surface area (Å²) in [6.07, 6.45) is 5.18. The van der Waals surface area contributed by atoms with Crippen molar-refractivity contribution in [2.75, 3.05) is 12.3 Å². The average Bonchev–Trinajstić information content (AvgIpc) is 2.68. The van der Waals surface area contributed by atoms with E-state index in [4.69, 9.17) is 5.73 Å². The maximum atomic E-state index is 11.9. The number of fused-ring (bicyclic) bond motifs is 1. The van der Waals surface area contributed by atoms with Gasteiger partial charge in [-0.2, -0.15) is 0 Å². The molecule has 17 heavy (non-hydrogen) atoms. The molecule has 0 atom stereocenters. The van der Waals surface area contributed by atoms with Crippen LogP contribution < -0.4 is 11.1 Å². The molecule has 0 bridgehead atoms. The van der Waals surface area contributed by atoms with Gasteiger partial charge in [0.15, 0.2) is 0 Å². The fourth-order valence-electron chi connectivity index (χ4n) is 1.47. The van der Waals surface area contributed by atoms with Crippen LogP contribution in [0.4, 0.5) is 5.69 Å². The number of carbonyl (C=O) groups excluding carboxylic acids is 1. The summed E-state index contributed by atoms with van der Waals surface area (Å²) in [7, 11) is 0. The molecule has 0 spiro atoms. The lowest BCUT2D eigenvalue weighted by atomic mass is 10.3. The van der Waals surface area contributed by atoms with Gasteiger partial charge < -0.3 is 11.1 Å². The number of hydrogen-bond acceptors (Lipinski definition) is 5. The molecule has 0 unspecified atom stereocenters. The summed E-state index contributed by atoms with van der Waals surface area (Å²) in [4.78, 5) is 21.3. The summed E-state index contributed by atoms with van der Waals surface area (Å²) in [5, 5.41) is 2.84. The van der Waals surface area contributed by atoms with E-state index in [1.165, 1.54) is 11.3 Å². The zero-order chi connectivity index (χ0) is 12.3. The minimum Gasteiger partial charge on any atom is -0.396 e. The van der Waals surface area contributed by atoms with Crippen LogP contribution in [0.15, 0.2) is 12.4 Å². The lowest BCUT2D eigenvalue weighted by Crippen LogP contribution is -2.24. The van der Waals surface area contributed by atoms with Gasteiger partial charge in [0.25, 0.3) is 5.91 Å². The number of anilines is 1. The first-order chi connectivity index (χ1) is 8.24. The summed E-state index contributed by atoms with van der Waals surface area (Å²) in [6.45, 7) is 2.75. The number of thiophene rings is 1. The molecule has 0 aliphatic rings. The van der Waals surface area contributed by atoms with E-state index in [1.54, 1.807) is 12.4 Å². The predicted octanol–water partition coefficient (Wildman–Crippen LogP) is 1.80. The van der Waals surface area contributed by atoms with Crippen LogP contribution in [0.3, 0.4) is 0 Å². The predicted molar refractivity (Wildman–Crippen MR) is 69.1 cm³/mol. The van der Waals surface area contributed by atoms with Gasteiger partial charge in [0.05, 0.1) is 5.69 Å². The molecular weight excluding hydrogens is 236 g/mol. The monoisotopic (exact) mass is 250 g/mol. The number of rotatable bonds is 4. The Kier molecular flexibility index (Phi) is 3.53. The lowest BCUT2D eigenvalue weighted by molar-refractivity contribution is 0.0958. The lowest BCUT2D eigenvalue weighted by Gasteiger charge is -2.02. The van der Waals surface area contributed by atoms with Crippen molar-refractivity contribution >= 4 is 33.3 Å². The first-order valence-corrected chi connectivity index (χ1v) is 6.33. The molecule has 0 fully saturated rings. The Balaban J connectivity index is 2.23. The summed E-state index contributed by atoms with van der Waals surface area (Å²) in [5.41, 5.74) is 6.92. The van der Waals surface area contributed by atoms with Gasteiger partial charge in [-0.25, -0.2) is 9.97 Å². The van der Waals surface area contributed by atoms with Crippen LogP contribution in [0.2, 0.25) is 0 Å². The van der Waals surface area contributed by atoms with E-state index >= 15 is 0 Å². The normalized spacial score (nSPS) is 10.6. The van der Waals surface area contributed by atoms with Crippen molar-refractivity contribution in [3.8, 4) is 0 Å². The van der Waals surface area contributed by atoms with Crippen molar-refractivity contribution in [3.63, 3.8) is 0 Å². The number of aromatic nitrogens is 2. The van der Waals surface area contributed by atoms with E-state index in [9.17, 15) is 4.79 Å². The van der Waals surface area contributed by atoms with Gasteiger partial charge >= 0.3 is 0 Å². The van der Waals surface area contributed by atoms with Crippen molar-refractivity contribution in [1.29, 1.82) is 0 Å². The van der Waals surface area contributed by atoms with Gasteiger partial charge in [-0.3, -0.25) is 4.79 Å². The Morgan fingerprint density at radius 2 is 2.24 bits per heavy atom. The second-order valence-corrected chi connectivity index (χ2v) is 4.66. The van der Waals surface area contributed by atoms with Crippen LogP contribution in [0.5, 0.6) is 0 Å². The number of nitrogens with zero attached hydrogens (tertiary/aromatic N) is 2. The van der Waals surface area contributed by atoms with Crippen molar-refractivity contribution in [2.45, 2.75) is 19.8 Å². The topological polar surface area (TPSA) is 80.9 Å². The molecule has 90 valence electrons. The largest absolute Gasteiger partial charge is 0.396 e. The van der Waals surface area contributed by atoms with E-state index in [1.807, 2.05) is 0 Å². The maximum Gasteiger partial charge on any atom is 0.263 e. The molecule has 0 aromatic carbocycles. The quantitative estimate of drug-likeness (QED) is 0.811. The first-order valence-electron chi connectivity index (χ1n) is 5.51. The first kappa shape index (κ1) is 11.8. The molecular formula is C11H14N4OS. The highest BCUT2D eigenvalue weighted by atomic mass is 32.1. The molecule has 5 nitrogen and oxygen atoms in total. The number of amides is 1. The van der Waals surface area contributed by atoms with Crippen molar-refractivity contribution in [2.24, 2.45) is 0 Å². The highest BCUT2D eigenvalue weighted by Gasteiger charge is 2.17. The maximum absolute atomic E-state index is 11.9. The number of nitrogens with two attached hydrogens (primary N) is 1. The second-order valence-electron chi connectivity index (χ2n) is 3.66. The average molecular weight is 250 g/mol. The van der Waals surface area contributed by atoms with Gasteiger partial charge in [-0.1, -0.05) is 13.3 Å². The fourth-order valence-corrected chi connectivity index (χ4v) is 2.41. The van der Waals surface area contributed by atoms with Crippen LogP contribution in [0, 0.1) is 0 Å². The number of unbranched alkanes of at least 4 members (excludes halogenated alkanes) is 1. The Morgan fingerprint density at radius 3 is 2.94 bits per heavy atom. The van der Waals surface area contributed by atoms with E-state index in [0.29, 0.717) is 27.5 Å². The van der Waals surface area contributed by atoms with Crippen LogP contribution in [0.25, 0.3) is 10.3 Å². The smallest absolute Gasteiger partial charge is 0.263 e. The molecule has 6 heteroatoms. The molecule has 3 N–H and O–H groups in total. The Morgan fingerprint density at radius 1 is 1.47 bits per heavy atom. The highest BCUT2D eigenvalue weighted by Crippen LogP contribution is 2.30. The summed E-state index contributed by atoms with van der Waals surface area (Å²) >= 11 is 1.28. The van der Waals surface area contributed by atoms with Gasteiger partial charge in [-0.15, -0.1) is 11.3 Å². The molecule has 0 saturated heterocycles. The second kappa shape index (κ2) is 5.09. The third-order valence-electron chi connectivity index (χ3n) is 2.39. The molecule has 0 radical (unpaired) electrons. The van der Waals surface area contributed by atoms with Crippen LogP contribution in [0.1, 0.15) is 29.4 Å². The molecule has 2 aromatic heterocycles. The zero-order valence-corrected chi connectivity index (χ0v) is 10.4. The Bertz CT molecular complexity index is 537. The minimum absolute atomic E-state index is 0.138. The number of hydrogen-bond donors (Lipinski definition) is 2. The summed E-state index contributed by atoms with van der Waals surface area (Å²) < 4.78 is 0. The van der Waals surface area contributed by atoms with Gasteiger partial charge in [0.2, 0.25) is 0 Å². The third kappa shape index (κ3) is 2.36. The Hall–Kier alpha value is -1.69. The fraction of sp³-hybridized carbons (Fsp3) is 0.364. The van der Waals surface area contributed by atoms with Gasteiger partial charge in [0, 0.05) is 18.9 Å². The van der Waals surface area contributed by atoms with E-state index < -0.39 is 0 Å². The highest BCUT2D eigenvalue weighted by molar-refractivity contribution is 7.21. The van der Waals surface area contributed by atoms with E-state index in [-0.39, 0.29) is 5.91 Å². The summed E-state index contributed by atoms with van der Waals surface area (Å²) in [5.74, 6) is -0.138. The third-order valence-corrected chi connectivity index (χ3v) is 3.49. The van der Waals surface area contributed by atoms with Crippen LogP contribution in [-0.2, 0) is 0 Å². The van der Waals surface area contributed by atoms with E-state index in [2.05, 4.69) is 22.2 Å². The van der Waals surface area contributed by atoms with Crippen LogP contribution in [-0.4, -0.2) is 22.4 Å². The standard InChI is InChI=1S/C11H14N4OS/c1-2-3-4-14-10(16)9-7(12)8-11(17-9)15-6-5-13-8/h5-6H,2-4,12H2,1H3,(H,14,16). The molecule has 0 aliphatic heterocycles. The number of nitrogen functional groups attached to an aromatic ring is 1. The SMILES string of the molecule is CCCCNC(=O)c1sc2nccnc2c1N. The number of nitrogens with one attached hydrogen (secondary N) is 1. The molecule has 2 rings (SSSR count). The van der Waals surface area contributed by atoms with Crippen LogP contribution >= 0.6 is 11.3 Å². The zero-order valence-electron chi connectivity index (χ0n) is 9.56. The van der Waals surface area contributed by atoms with Gasteiger partial charge in [0.1, 0.15) is 15.2 Å². The molecule has 1 amide bonds. The number of carbonyl (C=O) groups is 1. The molecule has 2 aromatic rings. The molecule has 0 saturated carbocycles.